The van der Waals surface area contributed by atoms with Crippen LogP contribution >= 0.6 is 0 Å². The zero-order valence-electron chi connectivity index (χ0n) is 11.8. The summed E-state index contributed by atoms with van der Waals surface area (Å²) in [5, 5.41) is 0. The van der Waals surface area contributed by atoms with E-state index in [2.05, 4.69) is 66.1 Å². The zero-order chi connectivity index (χ0) is 13.8. The molecule has 0 aliphatic heterocycles. The highest BCUT2D eigenvalue weighted by atomic mass is 15.3. The van der Waals surface area contributed by atoms with E-state index in [4.69, 9.17) is 5.84 Å². The van der Waals surface area contributed by atoms with Crippen molar-refractivity contribution in [3.63, 3.8) is 0 Å². The lowest BCUT2D eigenvalue weighted by Gasteiger charge is -2.44. The van der Waals surface area contributed by atoms with E-state index in [1.165, 1.54) is 30.4 Å². The van der Waals surface area contributed by atoms with Crippen molar-refractivity contribution >= 4 is 0 Å². The fraction of sp³-hybridized carbons (Fsp3) is 0.333. The molecule has 0 radical (unpaired) electrons. The molecule has 2 aromatic carbocycles. The third kappa shape index (κ3) is 2.26. The predicted molar refractivity (Wildman–Crippen MR) is 83.1 cm³/mol. The van der Waals surface area contributed by atoms with Gasteiger partial charge in [-0.2, -0.15) is 0 Å². The molecule has 2 atom stereocenters. The van der Waals surface area contributed by atoms with Gasteiger partial charge in [0.05, 0.1) is 5.54 Å². The fourth-order valence-corrected chi connectivity index (χ4v) is 3.65. The Morgan fingerprint density at radius 3 is 2.20 bits per heavy atom. The van der Waals surface area contributed by atoms with Crippen molar-refractivity contribution in [2.75, 3.05) is 0 Å². The minimum absolute atomic E-state index is 0.138. The lowest BCUT2D eigenvalue weighted by atomic mass is 9.66. The molecule has 0 aromatic heterocycles. The highest BCUT2D eigenvalue weighted by Gasteiger charge is 2.41. The standard InChI is InChI=1S/C18H22N2/c19-20-18(16-11-5-2-6-12-16)14-8-7-13-17(18)15-9-3-1-4-10-15/h1-6,9-12,17,20H,7-8,13-14,19H2. The number of hydrazine groups is 1. The van der Waals surface area contributed by atoms with Crippen LogP contribution < -0.4 is 11.3 Å². The van der Waals surface area contributed by atoms with Gasteiger partial charge in [-0.15, -0.1) is 0 Å². The Kier molecular flexibility index (Phi) is 3.86. The predicted octanol–water partition coefficient (Wildman–Crippen LogP) is 3.70. The van der Waals surface area contributed by atoms with Crippen LogP contribution in [-0.2, 0) is 5.54 Å². The average Bonchev–Trinajstić information content (AvgIpc) is 2.56. The lowest BCUT2D eigenvalue weighted by Crippen LogP contribution is -2.52. The Labute approximate surface area is 121 Å². The maximum absolute atomic E-state index is 6.05. The molecule has 2 unspecified atom stereocenters. The largest absolute Gasteiger partial charge is 0.271 e. The van der Waals surface area contributed by atoms with Crippen LogP contribution in [-0.4, -0.2) is 0 Å². The van der Waals surface area contributed by atoms with Crippen LogP contribution in [0.25, 0.3) is 0 Å². The summed E-state index contributed by atoms with van der Waals surface area (Å²) < 4.78 is 0. The zero-order valence-corrected chi connectivity index (χ0v) is 11.8. The molecule has 0 spiro atoms. The minimum atomic E-state index is -0.138. The van der Waals surface area contributed by atoms with Crippen LogP contribution in [0.2, 0.25) is 0 Å². The first-order valence-electron chi connectivity index (χ1n) is 7.45. The Hall–Kier alpha value is -1.64. The van der Waals surface area contributed by atoms with E-state index in [0.717, 1.165) is 6.42 Å². The summed E-state index contributed by atoms with van der Waals surface area (Å²) in [5.74, 6) is 6.48. The van der Waals surface area contributed by atoms with E-state index >= 15 is 0 Å². The Bertz CT molecular complexity index is 538. The summed E-state index contributed by atoms with van der Waals surface area (Å²) in [4.78, 5) is 0. The van der Waals surface area contributed by atoms with Crippen LogP contribution in [0.1, 0.15) is 42.7 Å². The normalized spacial score (nSPS) is 26.4. The quantitative estimate of drug-likeness (QED) is 0.656. The number of rotatable bonds is 3. The topological polar surface area (TPSA) is 38.0 Å². The lowest BCUT2D eigenvalue weighted by molar-refractivity contribution is 0.196. The Morgan fingerprint density at radius 2 is 1.55 bits per heavy atom. The molecule has 0 heterocycles. The van der Waals surface area contributed by atoms with Gasteiger partial charge in [-0.05, 0) is 24.0 Å². The fourth-order valence-electron chi connectivity index (χ4n) is 3.65. The first-order valence-corrected chi connectivity index (χ1v) is 7.45. The summed E-state index contributed by atoms with van der Waals surface area (Å²) in [6.45, 7) is 0. The Balaban J connectivity index is 2.06. The highest BCUT2D eigenvalue weighted by Crippen LogP contribution is 2.46. The number of benzene rings is 2. The van der Waals surface area contributed by atoms with Gasteiger partial charge in [-0.3, -0.25) is 5.84 Å². The number of hydrogen-bond acceptors (Lipinski definition) is 2. The number of nitrogens with two attached hydrogens (primary N) is 1. The van der Waals surface area contributed by atoms with Gasteiger partial charge in [0.1, 0.15) is 0 Å². The van der Waals surface area contributed by atoms with Crippen molar-refractivity contribution in [2.45, 2.75) is 37.1 Å². The SMILES string of the molecule is NNC1(c2ccccc2)CCCCC1c1ccccc1. The number of hydrogen-bond donors (Lipinski definition) is 2. The third-order valence-electron chi connectivity index (χ3n) is 4.66. The van der Waals surface area contributed by atoms with Gasteiger partial charge >= 0.3 is 0 Å². The average molecular weight is 266 g/mol. The molecule has 1 aliphatic rings. The van der Waals surface area contributed by atoms with Gasteiger partial charge in [0.2, 0.25) is 0 Å². The molecule has 1 saturated carbocycles. The van der Waals surface area contributed by atoms with E-state index in [9.17, 15) is 0 Å². The van der Waals surface area contributed by atoms with Crippen molar-refractivity contribution in [3.05, 3.63) is 71.8 Å². The maximum atomic E-state index is 6.05. The van der Waals surface area contributed by atoms with E-state index in [0.29, 0.717) is 5.92 Å². The molecule has 3 rings (SSSR count). The third-order valence-corrected chi connectivity index (χ3v) is 4.66. The van der Waals surface area contributed by atoms with Crippen LogP contribution in [0, 0.1) is 0 Å². The second kappa shape index (κ2) is 5.78. The molecule has 2 nitrogen and oxygen atoms in total. The molecule has 2 aromatic rings. The minimum Gasteiger partial charge on any atom is -0.271 e. The van der Waals surface area contributed by atoms with E-state index in [1.807, 2.05) is 0 Å². The molecule has 1 fully saturated rings. The second-order valence-electron chi connectivity index (χ2n) is 5.69. The molecule has 0 amide bonds. The first kappa shape index (κ1) is 13.3. The van der Waals surface area contributed by atoms with E-state index in [-0.39, 0.29) is 5.54 Å². The monoisotopic (exact) mass is 266 g/mol. The molecule has 20 heavy (non-hydrogen) atoms. The van der Waals surface area contributed by atoms with Crippen molar-refractivity contribution in [1.82, 2.24) is 5.43 Å². The molecule has 2 heteroatoms. The van der Waals surface area contributed by atoms with Gasteiger partial charge in [-0.1, -0.05) is 73.5 Å². The van der Waals surface area contributed by atoms with Crippen molar-refractivity contribution in [3.8, 4) is 0 Å². The molecule has 0 saturated heterocycles. The van der Waals surface area contributed by atoms with Gasteiger partial charge in [0.25, 0.3) is 0 Å². The Morgan fingerprint density at radius 1 is 0.900 bits per heavy atom. The molecule has 3 N–H and O–H groups in total. The van der Waals surface area contributed by atoms with Crippen LogP contribution in [0.4, 0.5) is 0 Å². The van der Waals surface area contributed by atoms with Gasteiger partial charge in [0, 0.05) is 5.92 Å². The van der Waals surface area contributed by atoms with E-state index in [1.54, 1.807) is 0 Å². The van der Waals surface area contributed by atoms with Crippen LogP contribution in [0.3, 0.4) is 0 Å². The van der Waals surface area contributed by atoms with Crippen LogP contribution in [0.15, 0.2) is 60.7 Å². The molecular formula is C18H22N2. The van der Waals surface area contributed by atoms with Gasteiger partial charge in [-0.25, -0.2) is 5.43 Å². The summed E-state index contributed by atoms with van der Waals surface area (Å²) >= 11 is 0. The molecule has 104 valence electrons. The van der Waals surface area contributed by atoms with Gasteiger partial charge in [0.15, 0.2) is 0 Å². The van der Waals surface area contributed by atoms with Crippen molar-refractivity contribution in [1.29, 1.82) is 0 Å². The molecule has 0 bridgehead atoms. The second-order valence-corrected chi connectivity index (χ2v) is 5.69. The maximum Gasteiger partial charge on any atom is 0.0637 e. The van der Waals surface area contributed by atoms with Gasteiger partial charge < -0.3 is 0 Å². The number of nitrogens with one attached hydrogen (secondary N) is 1. The smallest absolute Gasteiger partial charge is 0.0637 e. The summed E-state index contributed by atoms with van der Waals surface area (Å²) in [5.41, 5.74) is 5.73. The van der Waals surface area contributed by atoms with Crippen molar-refractivity contribution < 1.29 is 0 Å². The van der Waals surface area contributed by atoms with Crippen molar-refractivity contribution in [2.24, 2.45) is 5.84 Å². The molecule has 1 aliphatic carbocycles. The van der Waals surface area contributed by atoms with E-state index < -0.39 is 0 Å². The summed E-state index contributed by atoms with van der Waals surface area (Å²) in [6.07, 6.45) is 4.77. The highest BCUT2D eigenvalue weighted by molar-refractivity contribution is 5.33. The first-order chi connectivity index (χ1) is 9.87. The summed E-state index contributed by atoms with van der Waals surface area (Å²) in [6, 6.07) is 21.4. The molecular weight excluding hydrogens is 244 g/mol. The summed E-state index contributed by atoms with van der Waals surface area (Å²) in [7, 11) is 0. The van der Waals surface area contributed by atoms with Crippen LogP contribution in [0.5, 0.6) is 0 Å².